The minimum Gasteiger partial charge on any atom is -0.457 e. The number of esters is 1. The highest BCUT2D eigenvalue weighted by Crippen LogP contribution is 2.26. The summed E-state index contributed by atoms with van der Waals surface area (Å²) < 4.78 is 11.7. The van der Waals surface area contributed by atoms with Crippen molar-refractivity contribution in [3.05, 3.63) is 46.8 Å². The van der Waals surface area contributed by atoms with Gasteiger partial charge in [-0.05, 0) is 49.0 Å². The summed E-state index contributed by atoms with van der Waals surface area (Å²) in [4.78, 5) is 31.2. The molecule has 2 N–H and O–H groups in total. The Morgan fingerprint density at radius 3 is 2.71 bits per heavy atom. The summed E-state index contributed by atoms with van der Waals surface area (Å²) in [5, 5.41) is 14.2. The van der Waals surface area contributed by atoms with Gasteiger partial charge in [0.05, 0.1) is 17.5 Å². The third-order valence-corrected chi connectivity index (χ3v) is 6.65. The average Bonchev–Trinajstić information content (AvgIpc) is 2.83. The van der Waals surface area contributed by atoms with Crippen molar-refractivity contribution in [1.82, 2.24) is 15.2 Å². The van der Waals surface area contributed by atoms with Crippen LogP contribution in [-0.4, -0.2) is 71.5 Å². The van der Waals surface area contributed by atoms with Crippen LogP contribution in [0.1, 0.15) is 45.6 Å². The Morgan fingerprint density at radius 2 is 2.00 bits per heavy atom. The summed E-state index contributed by atoms with van der Waals surface area (Å²) in [6.45, 7) is 8.54. The number of aliphatic hydroxyl groups excluding tert-OH is 1. The van der Waals surface area contributed by atoms with Gasteiger partial charge in [-0.1, -0.05) is 37.6 Å². The molecule has 0 aromatic carbocycles. The zero-order valence-electron chi connectivity index (χ0n) is 20.7. The lowest BCUT2D eigenvalue weighted by Gasteiger charge is -2.31. The number of piperazine rings is 1. The molecule has 2 aliphatic rings. The number of hydrogen-bond donors (Lipinski definition) is 2. The number of pyridine rings is 1. The molecule has 2 aliphatic heterocycles. The van der Waals surface area contributed by atoms with Crippen molar-refractivity contribution in [2.75, 3.05) is 26.2 Å². The molecule has 9 heteroatoms. The molecule has 5 atom stereocenters. The van der Waals surface area contributed by atoms with Crippen LogP contribution < -0.4 is 5.32 Å². The molecule has 0 bridgehead atoms. The van der Waals surface area contributed by atoms with Crippen molar-refractivity contribution in [2.24, 2.45) is 11.8 Å². The molecule has 1 amide bonds. The smallest absolute Gasteiger partial charge is 0.410 e. The lowest BCUT2D eigenvalue weighted by atomic mass is 9.91. The van der Waals surface area contributed by atoms with E-state index in [1.165, 1.54) is 0 Å². The minimum atomic E-state index is -0.824. The Labute approximate surface area is 212 Å². The van der Waals surface area contributed by atoms with E-state index in [4.69, 9.17) is 21.1 Å². The standard InChI is InChI=1S/C26H36ClN3O5/c1-17-4-6-22(31)14-24(32)35-25(19(3)12-20-13-21(27)16-29-15-20)18(2)5-7-23(17)34-26(33)30-10-8-28-9-11-30/h5,7,12-13,15-18,22-23,25,28,31H,4,6,8-11,14H2,1-3H3/b7-5+,19-12+/t17-,18-,22+,23+,25-/m0/s1. The van der Waals surface area contributed by atoms with Crippen LogP contribution in [-0.2, 0) is 14.3 Å². The first-order chi connectivity index (χ1) is 16.7. The fraction of sp³-hybridized carbons (Fsp3) is 0.577. The number of carbonyl (C=O) groups excluding carboxylic acids is 2. The number of nitrogens with one attached hydrogen (secondary N) is 1. The van der Waals surface area contributed by atoms with Gasteiger partial charge >= 0.3 is 12.1 Å². The summed E-state index contributed by atoms with van der Waals surface area (Å²) in [5.74, 6) is -0.677. The Balaban J connectivity index is 1.83. The number of carbonyl (C=O) groups is 2. The zero-order chi connectivity index (χ0) is 25.4. The van der Waals surface area contributed by atoms with Gasteiger partial charge in [0, 0.05) is 44.5 Å². The number of cyclic esters (lactones) is 1. The van der Waals surface area contributed by atoms with Gasteiger partial charge in [0.25, 0.3) is 0 Å². The molecule has 3 rings (SSSR count). The Hall–Kier alpha value is -2.42. The van der Waals surface area contributed by atoms with E-state index in [1.54, 1.807) is 23.4 Å². The topological polar surface area (TPSA) is 101 Å². The van der Waals surface area contributed by atoms with Crippen LogP contribution >= 0.6 is 11.6 Å². The van der Waals surface area contributed by atoms with E-state index < -0.39 is 24.3 Å². The van der Waals surface area contributed by atoms with Crippen LogP contribution in [0.3, 0.4) is 0 Å². The number of nitrogens with zero attached hydrogens (tertiary/aromatic N) is 2. The van der Waals surface area contributed by atoms with E-state index in [0.29, 0.717) is 31.0 Å². The van der Waals surface area contributed by atoms with E-state index in [1.807, 2.05) is 39.0 Å². The molecule has 1 fully saturated rings. The molecular weight excluding hydrogens is 470 g/mol. The monoisotopic (exact) mass is 505 g/mol. The van der Waals surface area contributed by atoms with E-state index in [0.717, 1.165) is 24.2 Å². The number of aromatic nitrogens is 1. The highest BCUT2D eigenvalue weighted by molar-refractivity contribution is 6.30. The maximum Gasteiger partial charge on any atom is 0.410 e. The number of hydrogen-bond acceptors (Lipinski definition) is 7. The maximum atomic E-state index is 12.8. The Bertz CT molecular complexity index is 931. The average molecular weight is 506 g/mol. The molecule has 0 aliphatic carbocycles. The third-order valence-electron chi connectivity index (χ3n) is 6.44. The summed E-state index contributed by atoms with van der Waals surface area (Å²) in [5.41, 5.74) is 1.61. The molecule has 0 radical (unpaired) electrons. The second-order valence-corrected chi connectivity index (χ2v) is 9.91. The van der Waals surface area contributed by atoms with Gasteiger partial charge in [0.2, 0.25) is 0 Å². The van der Waals surface area contributed by atoms with Gasteiger partial charge in [-0.15, -0.1) is 0 Å². The van der Waals surface area contributed by atoms with Crippen molar-refractivity contribution in [1.29, 1.82) is 0 Å². The largest absolute Gasteiger partial charge is 0.457 e. The fourth-order valence-electron chi connectivity index (χ4n) is 4.34. The first-order valence-corrected chi connectivity index (χ1v) is 12.6. The van der Waals surface area contributed by atoms with Gasteiger partial charge in [-0.25, -0.2) is 4.79 Å². The predicted octanol–water partition coefficient (Wildman–Crippen LogP) is 3.83. The van der Waals surface area contributed by atoms with Crippen LogP contribution in [0.15, 0.2) is 36.2 Å². The lowest BCUT2D eigenvalue weighted by Crippen LogP contribution is -2.47. The predicted molar refractivity (Wildman–Crippen MR) is 135 cm³/mol. The second-order valence-electron chi connectivity index (χ2n) is 9.48. The molecule has 1 aromatic rings. The number of ether oxygens (including phenoxy) is 2. The van der Waals surface area contributed by atoms with Crippen molar-refractivity contribution < 1.29 is 24.2 Å². The van der Waals surface area contributed by atoms with Gasteiger partial charge in [0.15, 0.2) is 0 Å². The molecule has 8 nitrogen and oxygen atoms in total. The highest BCUT2D eigenvalue weighted by atomic mass is 35.5. The first kappa shape index (κ1) is 27.2. The van der Waals surface area contributed by atoms with Crippen LogP contribution in [0.2, 0.25) is 5.02 Å². The zero-order valence-corrected chi connectivity index (χ0v) is 21.4. The van der Waals surface area contributed by atoms with Gasteiger partial charge in [0.1, 0.15) is 12.2 Å². The van der Waals surface area contributed by atoms with Crippen molar-refractivity contribution >= 4 is 29.7 Å². The number of amides is 1. The molecule has 3 heterocycles. The molecule has 1 aromatic heterocycles. The van der Waals surface area contributed by atoms with Crippen molar-refractivity contribution in [2.45, 2.75) is 58.3 Å². The summed E-state index contributed by atoms with van der Waals surface area (Å²) >= 11 is 6.07. The Kier molecular flexibility index (Phi) is 10.1. The minimum absolute atomic E-state index is 0.0250. The summed E-state index contributed by atoms with van der Waals surface area (Å²) in [7, 11) is 0. The first-order valence-electron chi connectivity index (χ1n) is 12.2. The molecule has 35 heavy (non-hydrogen) atoms. The van der Waals surface area contributed by atoms with Crippen LogP contribution in [0.5, 0.6) is 0 Å². The number of rotatable bonds is 3. The summed E-state index contributed by atoms with van der Waals surface area (Å²) in [6.07, 6.45) is 7.71. The SMILES string of the molecule is C/C(=C\c1cncc(Cl)c1)[C@H]1OC(=O)C[C@H](O)CC[C@H](C)[C@H](OC(=O)N2CCNCC2)/C=C/[C@@H]1C. The lowest BCUT2D eigenvalue weighted by molar-refractivity contribution is -0.151. The fourth-order valence-corrected chi connectivity index (χ4v) is 4.52. The second kappa shape index (κ2) is 13.0. The van der Waals surface area contributed by atoms with E-state index in [2.05, 4.69) is 10.3 Å². The van der Waals surface area contributed by atoms with Gasteiger partial charge in [-0.3, -0.25) is 9.78 Å². The summed E-state index contributed by atoms with van der Waals surface area (Å²) in [6, 6.07) is 1.78. The van der Waals surface area contributed by atoms with Gasteiger partial charge < -0.3 is 24.8 Å². The van der Waals surface area contributed by atoms with Crippen molar-refractivity contribution in [3.8, 4) is 0 Å². The molecular formula is C26H36ClN3O5. The quantitative estimate of drug-likeness (QED) is 0.475. The molecule has 0 spiro atoms. The van der Waals surface area contributed by atoms with Crippen LogP contribution in [0.25, 0.3) is 6.08 Å². The number of halogens is 1. The van der Waals surface area contributed by atoms with Gasteiger partial charge in [-0.2, -0.15) is 0 Å². The van der Waals surface area contributed by atoms with E-state index in [-0.39, 0.29) is 24.3 Å². The number of aliphatic hydroxyl groups is 1. The van der Waals surface area contributed by atoms with E-state index in [9.17, 15) is 14.7 Å². The highest BCUT2D eigenvalue weighted by Gasteiger charge is 2.28. The van der Waals surface area contributed by atoms with Crippen LogP contribution in [0, 0.1) is 11.8 Å². The van der Waals surface area contributed by atoms with Crippen LogP contribution in [0.4, 0.5) is 4.79 Å². The van der Waals surface area contributed by atoms with E-state index >= 15 is 0 Å². The maximum absolute atomic E-state index is 12.8. The van der Waals surface area contributed by atoms with Crippen molar-refractivity contribution in [3.63, 3.8) is 0 Å². The molecule has 0 saturated carbocycles. The molecule has 0 unspecified atom stereocenters. The normalized spacial score (nSPS) is 30.0. The molecule has 192 valence electrons. The third kappa shape index (κ3) is 8.33. The molecule has 1 saturated heterocycles. The Morgan fingerprint density at radius 1 is 1.26 bits per heavy atom.